The molecule has 0 unspecified atom stereocenters. The zero-order valence-corrected chi connectivity index (χ0v) is 11.0. The van der Waals surface area contributed by atoms with E-state index in [0.717, 1.165) is 16.7 Å². The second-order valence-electron chi connectivity index (χ2n) is 4.63. The Labute approximate surface area is 112 Å². The van der Waals surface area contributed by atoms with Crippen molar-refractivity contribution in [1.29, 1.82) is 0 Å². The highest BCUT2D eigenvalue weighted by atomic mass is 19.1. The minimum absolute atomic E-state index is 0.211. The van der Waals surface area contributed by atoms with Crippen molar-refractivity contribution in [2.45, 2.75) is 20.3 Å². The topological polar surface area (TPSA) is 29.1 Å². The maximum Gasteiger partial charge on any atom is 0.228 e. The van der Waals surface area contributed by atoms with Crippen molar-refractivity contribution in [2.75, 3.05) is 5.32 Å². The zero-order valence-electron chi connectivity index (χ0n) is 11.0. The lowest BCUT2D eigenvalue weighted by Crippen LogP contribution is -2.16. The van der Waals surface area contributed by atoms with Gasteiger partial charge in [0, 0.05) is 0 Å². The third-order valence-corrected chi connectivity index (χ3v) is 3.01. The monoisotopic (exact) mass is 257 g/mol. The highest BCUT2D eigenvalue weighted by Crippen LogP contribution is 2.16. The van der Waals surface area contributed by atoms with Gasteiger partial charge < -0.3 is 5.32 Å². The number of rotatable bonds is 3. The lowest BCUT2D eigenvalue weighted by Gasteiger charge is -2.08. The molecular formula is C16H16FNO. The molecule has 0 atom stereocenters. The summed E-state index contributed by atoms with van der Waals surface area (Å²) >= 11 is 0. The van der Waals surface area contributed by atoms with Gasteiger partial charge >= 0.3 is 0 Å². The number of benzene rings is 2. The van der Waals surface area contributed by atoms with Crippen molar-refractivity contribution < 1.29 is 9.18 Å². The molecule has 98 valence electrons. The number of carbonyl (C=O) groups is 1. The smallest absolute Gasteiger partial charge is 0.228 e. The fourth-order valence-electron chi connectivity index (χ4n) is 1.90. The molecule has 2 rings (SSSR count). The first kappa shape index (κ1) is 13.3. The van der Waals surface area contributed by atoms with E-state index < -0.39 is 5.82 Å². The van der Waals surface area contributed by atoms with Crippen LogP contribution in [0.15, 0.2) is 42.5 Å². The van der Waals surface area contributed by atoms with E-state index in [1.807, 2.05) is 38.1 Å². The van der Waals surface area contributed by atoms with Gasteiger partial charge in [-0.1, -0.05) is 30.3 Å². The molecule has 0 aliphatic heterocycles. The van der Waals surface area contributed by atoms with Gasteiger partial charge in [0.2, 0.25) is 5.91 Å². The molecule has 0 aliphatic carbocycles. The number of hydrogen-bond donors (Lipinski definition) is 1. The molecule has 1 N–H and O–H groups in total. The Kier molecular flexibility index (Phi) is 3.95. The van der Waals surface area contributed by atoms with Gasteiger partial charge in [0.1, 0.15) is 5.82 Å². The summed E-state index contributed by atoms with van der Waals surface area (Å²) in [5, 5.41) is 2.60. The molecule has 0 aliphatic rings. The van der Waals surface area contributed by atoms with Crippen LogP contribution in [-0.2, 0) is 11.2 Å². The van der Waals surface area contributed by atoms with Crippen molar-refractivity contribution in [3.05, 3.63) is 65.0 Å². The lowest BCUT2D eigenvalue weighted by atomic mass is 10.1. The second kappa shape index (κ2) is 5.65. The Bertz CT molecular complexity index is 607. The lowest BCUT2D eigenvalue weighted by molar-refractivity contribution is -0.115. The second-order valence-corrected chi connectivity index (χ2v) is 4.63. The Balaban J connectivity index is 2.08. The Morgan fingerprint density at radius 2 is 1.89 bits per heavy atom. The average molecular weight is 257 g/mol. The minimum Gasteiger partial charge on any atom is -0.323 e. The summed E-state index contributed by atoms with van der Waals surface area (Å²) < 4.78 is 13.6. The van der Waals surface area contributed by atoms with Gasteiger partial charge in [-0.3, -0.25) is 4.79 Å². The molecule has 2 aromatic rings. The van der Waals surface area contributed by atoms with E-state index in [-0.39, 0.29) is 18.0 Å². The number of halogens is 1. The molecule has 0 radical (unpaired) electrons. The molecule has 19 heavy (non-hydrogen) atoms. The van der Waals surface area contributed by atoms with Crippen LogP contribution in [0.3, 0.4) is 0 Å². The van der Waals surface area contributed by atoms with Crippen molar-refractivity contribution in [1.82, 2.24) is 0 Å². The fourth-order valence-corrected chi connectivity index (χ4v) is 1.90. The van der Waals surface area contributed by atoms with E-state index in [9.17, 15) is 9.18 Å². The zero-order chi connectivity index (χ0) is 13.8. The summed E-state index contributed by atoms with van der Waals surface area (Å²) in [5.41, 5.74) is 3.06. The van der Waals surface area contributed by atoms with E-state index in [4.69, 9.17) is 0 Å². The van der Waals surface area contributed by atoms with Crippen LogP contribution >= 0.6 is 0 Å². The quantitative estimate of drug-likeness (QED) is 0.894. The Morgan fingerprint density at radius 3 is 2.58 bits per heavy atom. The molecule has 0 bridgehead atoms. The first-order valence-electron chi connectivity index (χ1n) is 6.17. The molecule has 0 spiro atoms. The largest absolute Gasteiger partial charge is 0.323 e. The van der Waals surface area contributed by atoms with E-state index in [1.165, 1.54) is 6.07 Å². The predicted octanol–water partition coefficient (Wildman–Crippen LogP) is 3.62. The number of hydrogen-bond acceptors (Lipinski definition) is 1. The Morgan fingerprint density at radius 1 is 1.16 bits per heavy atom. The van der Waals surface area contributed by atoms with Gasteiger partial charge in [-0.05, 0) is 42.7 Å². The summed E-state index contributed by atoms with van der Waals surface area (Å²) in [6.07, 6.45) is 0.250. The van der Waals surface area contributed by atoms with Gasteiger partial charge in [0.25, 0.3) is 0 Å². The molecule has 0 saturated carbocycles. The van der Waals surface area contributed by atoms with E-state index in [0.29, 0.717) is 0 Å². The first-order chi connectivity index (χ1) is 9.06. The molecular weight excluding hydrogens is 241 g/mol. The van der Waals surface area contributed by atoms with Crippen LogP contribution in [0.5, 0.6) is 0 Å². The van der Waals surface area contributed by atoms with Crippen LogP contribution in [0.4, 0.5) is 10.1 Å². The number of nitrogens with one attached hydrogen (secondary N) is 1. The average Bonchev–Trinajstić information content (AvgIpc) is 2.36. The summed E-state index contributed by atoms with van der Waals surface area (Å²) in [4.78, 5) is 11.9. The number of aryl methyl sites for hydroxylation is 2. The molecule has 2 nitrogen and oxygen atoms in total. The molecule has 0 aromatic heterocycles. The highest BCUT2D eigenvalue weighted by molar-refractivity contribution is 5.92. The van der Waals surface area contributed by atoms with Gasteiger partial charge in [-0.15, -0.1) is 0 Å². The number of anilines is 1. The van der Waals surface area contributed by atoms with Crippen molar-refractivity contribution in [3.8, 4) is 0 Å². The molecule has 2 aromatic carbocycles. The third kappa shape index (κ3) is 3.41. The third-order valence-electron chi connectivity index (χ3n) is 3.01. The van der Waals surface area contributed by atoms with E-state index >= 15 is 0 Å². The Hall–Kier alpha value is -2.16. The van der Waals surface area contributed by atoms with E-state index in [2.05, 4.69) is 5.32 Å². The summed E-state index contributed by atoms with van der Waals surface area (Å²) in [6, 6.07) is 12.4. The maximum atomic E-state index is 13.6. The van der Waals surface area contributed by atoms with E-state index in [1.54, 1.807) is 12.1 Å². The molecule has 0 fully saturated rings. The van der Waals surface area contributed by atoms with Crippen LogP contribution < -0.4 is 5.32 Å². The van der Waals surface area contributed by atoms with Crippen LogP contribution in [0.25, 0.3) is 0 Å². The number of amides is 1. The summed E-state index contributed by atoms with van der Waals surface area (Å²) in [6.45, 7) is 3.76. The maximum absolute atomic E-state index is 13.6. The van der Waals surface area contributed by atoms with Gasteiger partial charge in [-0.2, -0.15) is 0 Å². The molecule has 1 amide bonds. The summed E-state index contributed by atoms with van der Waals surface area (Å²) in [5.74, 6) is -0.616. The van der Waals surface area contributed by atoms with Crippen LogP contribution in [0.1, 0.15) is 16.7 Å². The SMILES string of the molecule is Cc1ccc(NC(=O)Cc2ccccc2C)c(F)c1. The molecule has 0 saturated heterocycles. The van der Waals surface area contributed by atoms with Gasteiger partial charge in [0.15, 0.2) is 0 Å². The van der Waals surface area contributed by atoms with Crippen LogP contribution in [-0.4, -0.2) is 5.91 Å². The summed E-state index contributed by atoms with van der Waals surface area (Å²) in [7, 11) is 0. The minimum atomic E-state index is -0.405. The fraction of sp³-hybridized carbons (Fsp3) is 0.188. The van der Waals surface area contributed by atoms with Crippen molar-refractivity contribution in [3.63, 3.8) is 0 Å². The van der Waals surface area contributed by atoms with Crippen molar-refractivity contribution >= 4 is 11.6 Å². The normalized spacial score (nSPS) is 10.3. The van der Waals surface area contributed by atoms with Crippen LogP contribution in [0.2, 0.25) is 0 Å². The van der Waals surface area contributed by atoms with Gasteiger partial charge in [-0.25, -0.2) is 4.39 Å². The molecule has 3 heteroatoms. The standard InChI is InChI=1S/C16H16FNO/c1-11-7-8-15(14(17)9-11)18-16(19)10-13-6-4-3-5-12(13)2/h3-9H,10H2,1-2H3,(H,18,19). The highest BCUT2D eigenvalue weighted by Gasteiger charge is 2.09. The number of carbonyl (C=O) groups excluding carboxylic acids is 1. The van der Waals surface area contributed by atoms with Crippen LogP contribution in [0, 0.1) is 19.7 Å². The predicted molar refractivity (Wildman–Crippen MR) is 74.6 cm³/mol. The first-order valence-corrected chi connectivity index (χ1v) is 6.17. The van der Waals surface area contributed by atoms with Gasteiger partial charge in [0.05, 0.1) is 12.1 Å². The molecule has 0 heterocycles. The van der Waals surface area contributed by atoms with Crippen molar-refractivity contribution in [2.24, 2.45) is 0 Å².